The van der Waals surface area contributed by atoms with Crippen LogP contribution in [0.5, 0.6) is 0 Å². The van der Waals surface area contributed by atoms with E-state index in [1.807, 2.05) is 44.2 Å². The summed E-state index contributed by atoms with van der Waals surface area (Å²) in [5, 5.41) is 3.45. The number of benzene rings is 1. The van der Waals surface area contributed by atoms with E-state index < -0.39 is 0 Å². The standard InChI is InChI=1S/C18H19N3O2S/c1-3-14-8-15-17(24-14)20-11-21(18(15)23)10-16(22)19-9-13-7-5-4-6-12(13)2/h4-8,11H,3,9-10H2,1-2H3,(H,19,22). The lowest BCUT2D eigenvalue weighted by Crippen LogP contribution is -2.32. The lowest BCUT2D eigenvalue weighted by molar-refractivity contribution is -0.121. The van der Waals surface area contributed by atoms with E-state index in [0.717, 1.165) is 27.3 Å². The van der Waals surface area contributed by atoms with Gasteiger partial charge in [-0.25, -0.2) is 4.98 Å². The third-order valence-corrected chi connectivity index (χ3v) is 5.16. The van der Waals surface area contributed by atoms with Gasteiger partial charge in [-0.05, 0) is 30.5 Å². The topological polar surface area (TPSA) is 64.0 Å². The molecule has 0 atom stereocenters. The molecule has 1 N–H and O–H groups in total. The van der Waals surface area contributed by atoms with Crippen molar-refractivity contribution in [2.45, 2.75) is 33.4 Å². The molecule has 0 aliphatic carbocycles. The Hall–Kier alpha value is -2.47. The number of aryl methyl sites for hydroxylation is 2. The van der Waals surface area contributed by atoms with Gasteiger partial charge in [0.1, 0.15) is 11.4 Å². The van der Waals surface area contributed by atoms with Crippen LogP contribution in [0.1, 0.15) is 22.9 Å². The number of carbonyl (C=O) groups excluding carboxylic acids is 1. The summed E-state index contributed by atoms with van der Waals surface area (Å²) in [6, 6.07) is 9.76. The van der Waals surface area contributed by atoms with Crippen LogP contribution in [0.15, 0.2) is 41.5 Å². The summed E-state index contributed by atoms with van der Waals surface area (Å²) < 4.78 is 1.36. The SMILES string of the molecule is CCc1cc2c(=O)n(CC(=O)NCc3ccccc3C)cnc2s1. The Morgan fingerprint density at radius 2 is 2.12 bits per heavy atom. The summed E-state index contributed by atoms with van der Waals surface area (Å²) >= 11 is 1.52. The fraction of sp³-hybridized carbons (Fsp3) is 0.278. The number of fused-ring (bicyclic) bond motifs is 1. The lowest BCUT2D eigenvalue weighted by atomic mass is 10.1. The number of aromatic nitrogens is 2. The Morgan fingerprint density at radius 1 is 1.33 bits per heavy atom. The maximum atomic E-state index is 12.5. The van der Waals surface area contributed by atoms with Crippen LogP contribution in [0.2, 0.25) is 0 Å². The first kappa shape index (κ1) is 16.4. The van der Waals surface area contributed by atoms with E-state index in [1.54, 1.807) is 0 Å². The molecule has 2 heterocycles. The second kappa shape index (κ2) is 6.97. The van der Waals surface area contributed by atoms with Gasteiger partial charge in [0.25, 0.3) is 5.56 Å². The van der Waals surface area contributed by atoms with Gasteiger partial charge >= 0.3 is 0 Å². The molecule has 0 saturated heterocycles. The zero-order chi connectivity index (χ0) is 17.1. The number of thiophene rings is 1. The highest BCUT2D eigenvalue weighted by Crippen LogP contribution is 2.20. The van der Waals surface area contributed by atoms with Gasteiger partial charge in [-0.15, -0.1) is 11.3 Å². The predicted molar refractivity (Wildman–Crippen MR) is 96.3 cm³/mol. The highest BCUT2D eigenvalue weighted by atomic mass is 32.1. The molecule has 6 heteroatoms. The van der Waals surface area contributed by atoms with Crippen LogP contribution in [0.25, 0.3) is 10.2 Å². The molecular weight excluding hydrogens is 322 g/mol. The molecule has 0 radical (unpaired) electrons. The van der Waals surface area contributed by atoms with Gasteiger partial charge in [-0.2, -0.15) is 0 Å². The summed E-state index contributed by atoms with van der Waals surface area (Å²) in [7, 11) is 0. The van der Waals surface area contributed by atoms with Crippen molar-refractivity contribution in [3.8, 4) is 0 Å². The van der Waals surface area contributed by atoms with Crippen molar-refractivity contribution < 1.29 is 4.79 Å². The zero-order valence-electron chi connectivity index (χ0n) is 13.7. The second-order valence-corrected chi connectivity index (χ2v) is 6.78. The number of nitrogens with zero attached hydrogens (tertiary/aromatic N) is 2. The van der Waals surface area contributed by atoms with E-state index in [4.69, 9.17) is 0 Å². The van der Waals surface area contributed by atoms with Crippen molar-refractivity contribution in [1.29, 1.82) is 0 Å². The van der Waals surface area contributed by atoms with Gasteiger partial charge < -0.3 is 5.32 Å². The molecule has 1 amide bonds. The predicted octanol–water partition coefficient (Wildman–Crippen LogP) is 2.65. The van der Waals surface area contributed by atoms with Gasteiger partial charge in [0.2, 0.25) is 5.91 Å². The fourth-order valence-electron chi connectivity index (χ4n) is 2.51. The summed E-state index contributed by atoms with van der Waals surface area (Å²) in [6.45, 7) is 4.48. The van der Waals surface area contributed by atoms with Crippen LogP contribution in [0.4, 0.5) is 0 Å². The highest BCUT2D eigenvalue weighted by molar-refractivity contribution is 7.18. The summed E-state index contributed by atoms with van der Waals surface area (Å²) in [5.74, 6) is -0.201. The number of amides is 1. The van der Waals surface area contributed by atoms with Crippen molar-refractivity contribution in [2.75, 3.05) is 0 Å². The Kier molecular flexibility index (Phi) is 4.76. The fourth-order valence-corrected chi connectivity index (χ4v) is 3.43. The minimum atomic E-state index is -0.201. The van der Waals surface area contributed by atoms with Gasteiger partial charge in [-0.3, -0.25) is 14.2 Å². The average molecular weight is 341 g/mol. The minimum Gasteiger partial charge on any atom is -0.350 e. The Morgan fingerprint density at radius 3 is 2.88 bits per heavy atom. The molecule has 3 aromatic rings. The van der Waals surface area contributed by atoms with Crippen molar-refractivity contribution in [3.63, 3.8) is 0 Å². The van der Waals surface area contributed by atoms with Gasteiger partial charge in [0.05, 0.1) is 11.7 Å². The highest BCUT2D eigenvalue weighted by Gasteiger charge is 2.11. The molecule has 0 unspecified atom stereocenters. The Labute approximate surface area is 144 Å². The number of hydrogen-bond donors (Lipinski definition) is 1. The maximum Gasteiger partial charge on any atom is 0.262 e. The molecule has 5 nitrogen and oxygen atoms in total. The molecule has 0 bridgehead atoms. The van der Waals surface area contributed by atoms with Crippen LogP contribution in [-0.2, 0) is 24.3 Å². The quantitative estimate of drug-likeness (QED) is 0.776. The van der Waals surface area contributed by atoms with E-state index >= 15 is 0 Å². The van der Waals surface area contributed by atoms with Gasteiger partial charge in [-0.1, -0.05) is 31.2 Å². The molecule has 0 saturated carbocycles. The molecule has 1 aromatic carbocycles. The van der Waals surface area contributed by atoms with Crippen LogP contribution >= 0.6 is 11.3 Å². The van der Waals surface area contributed by atoms with Crippen molar-refractivity contribution in [2.24, 2.45) is 0 Å². The molecular formula is C18H19N3O2S. The van der Waals surface area contributed by atoms with Crippen LogP contribution < -0.4 is 10.9 Å². The van der Waals surface area contributed by atoms with Crippen LogP contribution in [0.3, 0.4) is 0 Å². The summed E-state index contributed by atoms with van der Waals surface area (Å²) in [6.07, 6.45) is 2.32. The first-order valence-corrected chi connectivity index (χ1v) is 8.69. The number of nitrogens with one attached hydrogen (secondary N) is 1. The van der Waals surface area contributed by atoms with E-state index in [9.17, 15) is 9.59 Å². The molecule has 24 heavy (non-hydrogen) atoms. The molecule has 0 aliphatic heterocycles. The molecule has 124 valence electrons. The van der Waals surface area contributed by atoms with E-state index in [-0.39, 0.29) is 18.0 Å². The van der Waals surface area contributed by atoms with E-state index in [2.05, 4.69) is 10.3 Å². The molecule has 0 fully saturated rings. The number of hydrogen-bond acceptors (Lipinski definition) is 4. The average Bonchev–Trinajstić information content (AvgIpc) is 3.01. The normalized spacial score (nSPS) is 10.9. The van der Waals surface area contributed by atoms with Gasteiger partial charge in [0.15, 0.2) is 0 Å². The molecule has 3 rings (SSSR count). The minimum absolute atomic E-state index is 0.0229. The lowest BCUT2D eigenvalue weighted by Gasteiger charge is -2.09. The molecule has 0 aliphatic rings. The largest absolute Gasteiger partial charge is 0.350 e. The van der Waals surface area contributed by atoms with Crippen LogP contribution in [-0.4, -0.2) is 15.5 Å². The molecule has 2 aromatic heterocycles. The third-order valence-electron chi connectivity index (χ3n) is 3.97. The van der Waals surface area contributed by atoms with E-state index in [1.165, 1.54) is 22.2 Å². The van der Waals surface area contributed by atoms with Crippen molar-refractivity contribution >= 4 is 27.5 Å². The first-order valence-electron chi connectivity index (χ1n) is 7.87. The molecule has 0 spiro atoms. The van der Waals surface area contributed by atoms with Crippen LogP contribution in [0, 0.1) is 6.92 Å². The number of rotatable bonds is 5. The Balaban J connectivity index is 1.72. The van der Waals surface area contributed by atoms with Crippen molar-refractivity contribution in [1.82, 2.24) is 14.9 Å². The monoisotopic (exact) mass is 341 g/mol. The zero-order valence-corrected chi connectivity index (χ0v) is 14.5. The maximum absolute atomic E-state index is 12.5. The van der Waals surface area contributed by atoms with Crippen molar-refractivity contribution in [3.05, 3.63) is 63.0 Å². The van der Waals surface area contributed by atoms with Gasteiger partial charge in [0, 0.05) is 11.4 Å². The first-order chi connectivity index (χ1) is 11.6. The van der Waals surface area contributed by atoms with E-state index in [0.29, 0.717) is 11.9 Å². The number of carbonyl (C=O) groups is 1. The third kappa shape index (κ3) is 3.38. The second-order valence-electron chi connectivity index (χ2n) is 5.67. The summed E-state index contributed by atoms with van der Waals surface area (Å²) in [4.78, 5) is 30.8. The smallest absolute Gasteiger partial charge is 0.262 e. The Bertz CT molecular complexity index is 943. The summed E-state index contributed by atoms with van der Waals surface area (Å²) in [5.41, 5.74) is 2.03.